The van der Waals surface area contributed by atoms with Crippen LogP contribution in [0.1, 0.15) is 56.5 Å². The first-order valence-electron chi connectivity index (χ1n) is 7.29. The van der Waals surface area contributed by atoms with Crippen LogP contribution < -0.4 is 5.32 Å². The van der Waals surface area contributed by atoms with Gasteiger partial charge in [0.05, 0.1) is 12.2 Å². The van der Waals surface area contributed by atoms with Gasteiger partial charge in [0.1, 0.15) is 5.76 Å². The molecule has 20 heavy (non-hydrogen) atoms. The zero-order valence-electron chi connectivity index (χ0n) is 12.8. The Balaban J connectivity index is 2.11. The lowest BCUT2D eigenvalue weighted by molar-refractivity contribution is 0.343. The second kappa shape index (κ2) is 6.71. The van der Waals surface area contributed by atoms with Crippen molar-refractivity contribution in [2.24, 2.45) is 5.92 Å². The van der Waals surface area contributed by atoms with Crippen LogP contribution in [0.15, 0.2) is 40.9 Å². The van der Waals surface area contributed by atoms with Crippen molar-refractivity contribution in [1.29, 1.82) is 0 Å². The van der Waals surface area contributed by atoms with Gasteiger partial charge >= 0.3 is 0 Å². The molecule has 0 spiro atoms. The summed E-state index contributed by atoms with van der Waals surface area (Å²) in [7, 11) is 0. The SMILES string of the molecule is Cc1cnc(C(C)NC(CC(C)C)c2ccccc2)o1. The van der Waals surface area contributed by atoms with Crippen molar-refractivity contribution >= 4 is 0 Å². The summed E-state index contributed by atoms with van der Waals surface area (Å²) in [5.41, 5.74) is 1.32. The van der Waals surface area contributed by atoms with E-state index >= 15 is 0 Å². The molecule has 0 fully saturated rings. The van der Waals surface area contributed by atoms with E-state index in [1.165, 1.54) is 5.56 Å². The van der Waals surface area contributed by atoms with Crippen LogP contribution in [0.4, 0.5) is 0 Å². The van der Waals surface area contributed by atoms with E-state index < -0.39 is 0 Å². The predicted octanol–water partition coefficient (Wildman–Crippen LogP) is 4.42. The van der Waals surface area contributed by atoms with Crippen LogP contribution in [0.5, 0.6) is 0 Å². The lowest BCUT2D eigenvalue weighted by atomic mass is 9.96. The monoisotopic (exact) mass is 272 g/mol. The van der Waals surface area contributed by atoms with Crippen LogP contribution >= 0.6 is 0 Å². The minimum Gasteiger partial charge on any atom is -0.444 e. The van der Waals surface area contributed by atoms with Gasteiger partial charge in [0, 0.05) is 6.04 Å². The number of oxazole rings is 1. The Morgan fingerprint density at radius 1 is 1.15 bits per heavy atom. The molecule has 3 heteroatoms. The largest absolute Gasteiger partial charge is 0.444 e. The van der Waals surface area contributed by atoms with Crippen molar-refractivity contribution < 1.29 is 4.42 Å². The molecule has 0 aliphatic rings. The lowest BCUT2D eigenvalue weighted by Crippen LogP contribution is -2.26. The molecule has 108 valence electrons. The Kier molecular flexibility index (Phi) is 4.96. The Morgan fingerprint density at radius 3 is 2.40 bits per heavy atom. The van der Waals surface area contributed by atoms with Crippen LogP contribution in [0.2, 0.25) is 0 Å². The van der Waals surface area contributed by atoms with Gasteiger partial charge in [-0.25, -0.2) is 4.98 Å². The third kappa shape index (κ3) is 3.94. The van der Waals surface area contributed by atoms with Crippen LogP contribution in [0.3, 0.4) is 0 Å². The second-order valence-corrected chi connectivity index (χ2v) is 5.79. The smallest absolute Gasteiger partial charge is 0.211 e. The molecule has 2 atom stereocenters. The average Bonchev–Trinajstić information content (AvgIpc) is 2.85. The maximum absolute atomic E-state index is 5.61. The molecule has 0 bridgehead atoms. The maximum Gasteiger partial charge on any atom is 0.211 e. The first-order chi connectivity index (χ1) is 9.56. The molecule has 0 radical (unpaired) electrons. The molecule has 1 aromatic carbocycles. The summed E-state index contributed by atoms with van der Waals surface area (Å²) in [4.78, 5) is 4.31. The molecule has 1 N–H and O–H groups in total. The Hall–Kier alpha value is -1.61. The molecule has 0 saturated carbocycles. The van der Waals surface area contributed by atoms with Crippen molar-refractivity contribution in [2.75, 3.05) is 0 Å². The first-order valence-corrected chi connectivity index (χ1v) is 7.29. The summed E-state index contributed by atoms with van der Waals surface area (Å²) >= 11 is 0. The average molecular weight is 272 g/mol. The number of nitrogens with zero attached hydrogens (tertiary/aromatic N) is 1. The summed E-state index contributed by atoms with van der Waals surface area (Å²) < 4.78 is 5.61. The van der Waals surface area contributed by atoms with Crippen molar-refractivity contribution in [1.82, 2.24) is 10.3 Å². The summed E-state index contributed by atoms with van der Waals surface area (Å²) in [6.07, 6.45) is 2.86. The molecular formula is C17H24N2O. The van der Waals surface area contributed by atoms with E-state index in [9.17, 15) is 0 Å². The summed E-state index contributed by atoms with van der Waals surface area (Å²) in [5, 5.41) is 3.64. The highest BCUT2D eigenvalue weighted by atomic mass is 16.4. The number of aromatic nitrogens is 1. The summed E-state index contributed by atoms with van der Waals surface area (Å²) in [5.74, 6) is 2.24. The molecule has 0 aliphatic carbocycles. The Labute approximate surface area is 121 Å². The molecule has 3 nitrogen and oxygen atoms in total. The van der Waals surface area contributed by atoms with Crippen molar-refractivity contribution in [3.8, 4) is 0 Å². The number of hydrogen-bond acceptors (Lipinski definition) is 3. The third-order valence-electron chi connectivity index (χ3n) is 3.37. The fourth-order valence-corrected chi connectivity index (χ4v) is 2.40. The van der Waals surface area contributed by atoms with Gasteiger partial charge < -0.3 is 4.42 Å². The standard InChI is InChI=1S/C17H24N2O/c1-12(2)10-16(15-8-6-5-7-9-15)19-14(4)17-18-11-13(3)20-17/h5-9,11-12,14,16,19H,10H2,1-4H3. The number of benzene rings is 1. The summed E-state index contributed by atoms with van der Waals surface area (Å²) in [6, 6.07) is 11.0. The van der Waals surface area contributed by atoms with Gasteiger partial charge in [-0.2, -0.15) is 0 Å². The maximum atomic E-state index is 5.61. The normalized spacial score (nSPS) is 14.4. The van der Waals surface area contributed by atoms with E-state index in [0.717, 1.165) is 18.1 Å². The van der Waals surface area contributed by atoms with E-state index in [2.05, 4.69) is 61.4 Å². The second-order valence-electron chi connectivity index (χ2n) is 5.79. The molecule has 0 amide bonds. The minimum absolute atomic E-state index is 0.104. The van der Waals surface area contributed by atoms with Gasteiger partial charge in [-0.15, -0.1) is 0 Å². The van der Waals surface area contributed by atoms with E-state index in [0.29, 0.717) is 12.0 Å². The fourth-order valence-electron chi connectivity index (χ4n) is 2.40. The van der Waals surface area contributed by atoms with E-state index in [-0.39, 0.29) is 6.04 Å². The molecule has 1 heterocycles. The van der Waals surface area contributed by atoms with Crippen LogP contribution in [0.25, 0.3) is 0 Å². The summed E-state index contributed by atoms with van der Waals surface area (Å²) in [6.45, 7) is 8.52. The minimum atomic E-state index is 0.104. The van der Waals surface area contributed by atoms with Gasteiger partial charge in [-0.3, -0.25) is 5.32 Å². The Morgan fingerprint density at radius 2 is 1.85 bits per heavy atom. The van der Waals surface area contributed by atoms with Gasteiger partial charge in [0.2, 0.25) is 5.89 Å². The van der Waals surface area contributed by atoms with Crippen molar-refractivity contribution in [3.05, 3.63) is 53.7 Å². The number of rotatable bonds is 6. The zero-order valence-corrected chi connectivity index (χ0v) is 12.8. The number of hydrogen-bond donors (Lipinski definition) is 1. The molecule has 2 rings (SSSR count). The predicted molar refractivity (Wildman–Crippen MR) is 81.4 cm³/mol. The number of nitrogens with one attached hydrogen (secondary N) is 1. The van der Waals surface area contributed by atoms with Crippen molar-refractivity contribution in [2.45, 2.75) is 46.2 Å². The highest BCUT2D eigenvalue weighted by Gasteiger charge is 2.19. The molecule has 1 aromatic heterocycles. The zero-order chi connectivity index (χ0) is 14.5. The lowest BCUT2D eigenvalue weighted by Gasteiger charge is -2.24. The highest BCUT2D eigenvalue weighted by molar-refractivity contribution is 5.19. The molecule has 2 unspecified atom stereocenters. The molecule has 0 aliphatic heterocycles. The first kappa shape index (κ1) is 14.8. The quantitative estimate of drug-likeness (QED) is 0.845. The highest BCUT2D eigenvalue weighted by Crippen LogP contribution is 2.25. The van der Waals surface area contributed by atoms with E-state index in [4.69, 9.17) is 4.42 Å². The van der Waals surface area contributed by atoms with Gasteiger partial charge in [0.25, 0.3) is 0 Å². The third-order valence-corrected chi connectivity index (χ3v) is 3.37. The van der Waals surface area contributed by atoms with Gasteiger partial charge in [0.15, 0.2) is 0 Å². The van der Waals surface area contributed by atoms with Crippen LogP contribution in [-0.4, -0.2) is 4.98 Å². The fraction of sp³-hybridized carbons (Fsp3) is 0.471. The topological polar surface area (TPSA) is 38.1 Å². The molecular weight excluding hydrogens is 248 g/mol. The van der Waals surface area contributed by atoms with Gasteiger partial charge in [-0.1, -0.05) is 44.2 Å². The van der Waals surface area contributed by atoms with Crippen LogP contribution in [-0.2, 0) is 0 Å². The Bertz CT molecular complexity index is 519. The van der Waals surface area contributed by atoms with Crippen LogP contribution in [0, 0.1) is 12.8 Å². The van der Waals surface area contributed by atoms with E-state index in [1.807, 2.05) is 6.92 Å². The number of aryl methyl sites for hydroxylation is 1. The van der Waals surface area contributed by atoms with Gasteiger partial charge in [-0.05, 0) is 31.7 Å². The van der Waals surface area contributed by atoms with E-state index in [1.54, 1.807) is 6.20 Å². The molecule has 2 aromatic rings. The van der Waals surface area contributed by atoms with Crippen molar-refractivity contribution in [3.63, 3.8) is 0 Å². The molecule has 0 saturated heterocycles.